The van der Waals surface area contributed by atoms with Crippen molar-refractivity contribution in [2.75, 3.05) is 0 Å². The van der Waals surface area contributed by atoms with Gasteiger partial charge >= 0.3 is 0 Å². The van der Waals surface area contributed by atoms with E-state index in [0.29, 0.717) is 5.92 Å². The number of rotatable bonds is 6. The van der Waals surface area contributed by atoms with Crippen LogP contribution in [0.2, 0.25) is 0 Å². The van der Waals surface area contributed by atoms with E-state index in [1.165, 1.54) is 0 Å². The average Bonchev–Trinajstić information content (AvgIpc) is 3.10. The van der Waals surface area contributed by atoms with Crippen molar-refractivity contribution >= 4 is 5.91 Å². The SMILES string of the molecule is CCc1noc(C2CCC(N[C@H](C(N)=O)c3ccccc3)CC2)n1. The van der Waals surface area contributed by atoms with Crippen LogP contribution in [0.15, 0.2) is 34.9 Å². The van der Waals surface area contributed by atoms with Crippen molar-refractivity contribution in [3.8, 4) is 0 Å². The van der Waals surface area contributed by atoms with Gasteiger partial charge in [-0.15, -0.1) is 0 Å². The summed E-state index contributed by atoms with van der Waals surface area (Å²) in [6.45, 7) is 2.02. The van der Waals surface area contributed by atoms with Gasteiger partial charge in [0.2, 0.25) is 11.8 Å². The Morgan fingerprint density at radius 1 is 1.29 bits per heavy atom. The molecule has 1 aliphatic rings. The van der Waals surface area contributed by atoms with Crippen molar-refractivity contribution in [3.05, 3.63) is 47.6 Å². The van der Waals surface area contributed by atoms with E-state index in [9.17, 15) is 4.79 Å². The molecule has 1 saturated carbocycles. The number of primary amides is 1. The highest BCUT2D eigenvalue weighted by atomic mass is 16.5. The number of aromatic nitrogens is 2. The Morgan fingerprint density at radius 2 is 2.00 bits per heavy atom. The molecule has 1 fully saturated rings. The highest BCUT2D eigenvalue weighted by Crippen LogP contribution is 2.32. The minimum Gasteiger partial charge on any atom is -0.368 e. The van der Waals surface area contributed by atoms with Crippen LogP contribution in [0.25, 0.3) is 0 Å². The number of aryl methyl sites for hydroxylation is 1. The van der Waals surface area contributed by atoms with Crippen molar-refractivity contribution in [1.82, 2.24) is 15.5 Å². The molecule has 0 saturated heterocycles. The molecule has 1 aliphatic carbocycles. The molecule has 128 valence electrons. The van der Waals surface area contributed by atoms with Crippen molar-refractivity contribution in [1.29, 1.82) is 0 Å². The van der Waals surface area contributed by atoms with Gasteiger partial charge < -0.3 is 10.3 Å². The molecule has 1 aromatic heterocycles. The molecule has 0 unspecified atom stereocenters. The highest BCUT2D eigenvalue weighted by molar-refractivity contribution is 5.81. The molecular weight excluding hydrogens is 304 g/mol. The van der Waals surface area contributed by atoms with Gasteiger partial charge in [0, 0.05) is 18.4 Å². The van der Waals surface area contributed by atoms with Gasteiger partial charge in [-0.25, -0.2) is 0 Å². The molecule has 6 nitrogen and oxygen atoms in total. The Bertz CT molecular complexity index is 663. The number of benzene rings is 1. The molecular formula is C18H24N4O2. The summed E-state index contributed by atoms with van der Waals surface area (Å²) < 4.78 is 5.36. The quantitative estimate of drug-likeness (QED) is 0.849. The van der Waals surface area contributed by atoms with Crippen LogP contribution in [0.3, 0.4) is 0 Å². The van der Waals surface area contributed by atoms with Crippen molar-refractivity contribution in [3.63, 3.8) is 0 Å². The van der Waals surface area contributed by atoms with E-state index in [1.54, 1.807) is 0 Å². The number of nitrogens with two attached hydrogens (primary N) is 1. The van der Waals surface area contributed by atoms with E-state index in [2.05, 4.69) is 15.5 Å². The van der Waals surface area contributed by atoms with Crippen molar-refractivity contribution < 1.29 is 9.32 Å². The second kappa shape index (κ2) is 7.57. The standard InChI is InChI=1S/C18H24N4O2/c1-2-15-21-18(24-22-15)13-8-10-14(11-9-13)20-16(17(19)23)12-6-4-3-5-7-12/h3-7,13-14,16,20H,2,8-11H2,1H3,(H2,19,23)/t13?,14?,16-/m0/s1. The Morgan fingerprint density at radius 3 is 2.58 bits per heavy atom. The second-order valence-electron chi connectivity index (χ2n) is 6.36. The van der Waals surface area contributed by atoms with Gasteiger partial charge in [-0.2, -0.15) is 4.98 Å². The van der Waals surface area contributed by atoms with Crippen molar-refractivity contribution in [2.24, 2.45) is 5.73 Å². The van der Waals surface area contributed by atoms with Gasteiger partial charge in [-0.05, 0) is 31.2 Å². The summed E-state index contributed by atoms with van der Waals surface area (Å²) in [6, 6.07) is 9.46. The molecule has 6 heteroatoms. The third-order valence-corrected chi connectivity index (χ3v) is 4.70. The van der Waals surface area contributed by atoms with E-state index in [1.807, 2.05) is 37.3 Å². The predicted molar refractivity (Wildman–Crippen MR) is 90.2 cm³/mol. The Balaban J connectivity index is 1.58. The normalized spacial score (nSPS) is 22.2. The maximum atomic E-state index is 11.8. The number of amides is 1. The fourth-order valence-electron chi connectivity index (χ4n) is 3.31. The number of nitrogens with zero attached hydrogens (tertiary/aromatic N) is 2. The maximum Gasteiger partial charge on any atom is 0.239 e. The fraction of sp³-hybridized carbons (Fsp3) is 0.500. The number of carbonyl (C=O) groups is 1. The molecule has 24 heavy (non-hydrogen) atoms. The summed E-state index contributed by atoms with van der Waals surface area (Å²) in [5.41, 5.74) is 6.50. The summed E-state index contributed by atoms with van der Waals surface area (Å²) in [5.74, 6) is 1.50. The van der Waals surface area contributed by atoms with E-state index < -0.39 is 6.04 Å². The molecule has 0 bridgehead atoms. The fourth-order valence-corrected chi connectivity index (χ4v) is 3.31. The average molecular weight is 328 g/mol. The van der Waals surface area contributed by atoms with Gasteiger partial charge in [0.15, 0.2) is 5.82 Å². The topological polar surface area (TPSA) is 94.0 Å². The Kier molecular flexibility index (Phi) is 5.25. The predicted octanol–water partition coefficient (Wildman–Crippen LogP) is 2.47. The van der Waals surface area contributed by atoms with Crippen LogP contribution in [0.1, 0.15) is 61.8 Å². The zero-order chi connectivity index (χ0) is 16.9. The third-order valence-electron chi connectivity index (χ3n) is 4.70. The Hall–Kier alpha value is -2.21. The largest absolute Gasteiger partial charge is 0.368 e. The summed E-state index contributed by atoms with van der Waals surface area (Å²) in [4.78, 5) is 16.3. The lowest BCUT2D eigenvalue weighted by Gasteiger charge is -2.30. The molecule has 1 aromatic carbocycles. The van der Waals surface area contributed by atoms with Gasteiger partial charge in [0.1, 0.15) is 6.04 Å². The summed E-state index contributed by atoms with van der Waals surface area (Å²) in [5, 5.41) is 7.40. The van der Waals surface area contributed by atoms with Crippen LogP contribution in [-0.2, 0) is 11.2 Å². The van der Waals surface area contributed by atoms with Crippen LogP contribution in [0, 0.1) is 0 Å². The van der Waals surface area contributed by atoms with E-state index in [-0.39, 0.29) is 11.9 Å². The zero-order valence-corrected chi connectivity index (χ0v) is 13.9. The van der Waals surface area contributed by atoms with E-state index in [0.717, 1.165) is 49.4 Å². The first-order valence-electron chi connectivity index (χ1n) is 8.60. The van der Waals surface area contributed by atoms with Crippen LogP contribution in [-0.4, -0.2) is 22.1 Å². The molecule has 1 heterocycles. The number of nitrogens with one attached hydrogen (secondary N) is 1. The molecule has 3 rings (SSSR count). The van der Waals surface area contributed by atoms with E-state index in [4.69, 9.17) is 10.3 Å². The van der Waals surface area contributed by atoms with Gasteiger partial charge in [0.05, 0.1) is 0 Å². The summed E-state index contributed by atoms with van der Waals surface area (Å²) >= 11 is 0. The van der Waals surface area contributed by atoms with E-state index >= 15 is 0 Å². The third kappa shape index (κ3) is 3.82. The number of hydrogen-bond donors (Lipinski definition) is 2. The molecule has 1 amide bonds. The van der Waals surface area contributed by atoms with Crippen LogP contribution < -0.4 is 11.1 Å². The zero-order valence-electron chi connectivity index (χ0n) is 13.9. The minimum absolute atomic E-state index is 0.271. The summed E-state index contributed by atoms with van der Waals surface area (Å²) in [7, 11) is 0. The van der Waals surface area contributed by atoms with Gasteiger partial charge in [0.25, 0.3) is 0 Å². The molecule has 0 radical (unpaired) electrons. The van der Waals surface area contributed by atoms with Crippen LogP contribution in [0.4, 0.5) is 0 Å². The molecule has 1 atom stereocenters. The van der Waals surface area contributed by atoms with Crippen molar-refractivity contribution in [2.45, 2.75) is 57.0 Å². The highest BCUT2D eigenvalue weighted by Gasteiger charge is 2.29. The monoisotopic (exact) mass is 328 g/mol. The first-order valence-corrected chi connectivity index (χ1v) is 8.60. The molecule has 2 aromatic rings. The summed E-state index contributed by atoms with van der Waals surface area (Å²) in [6.07, 6.45) is 4.67. The lowest BCUT2D eigenvalue weighted by atomic mass is 9.85. The minimum atomic E-state index is -0.442. The lowest BCUT2D eigenvalue weighted by Crippen LogP contribution is -2.41. The number of hydrogen-bond acceptors (Lipinski definition) is 5. The lowest BCUT2D eigenvalue weighted by molar-refractivity contribution is -0.120. The first-order chi connectivity index (χ1) is 11.7. The Labute approximate surface area is 141 Å². The number of carbonyl (C=O) groups excluding carboxylic acids is 1. The van der Waals surface area contributed by atoms with Gasteiger partial charge in [-0.3, -0.25) is 10.1 Å². The maximum absolute atomic E-state index is 11.8. The first kappa shape index (κ1) is 16.6. The smallest absolute Gasteiger partial charge is 0.239 e. The molecule has 0 aliphatic heterocycles. The second-order valence-corrected chi connectivity index (χ2v) is 6.36. The molecule has 3 N–H and O–H groups in total. The van der Waals surface area contributed by atoms with Crippen LogP contribution >= 0.6 is 0 Å². The van der Waals surface area contributed by atoms with Crippen LogP contribution in [0.5, 0.6) is 0 Å². The molecule has 0 spiro atoms. The van der Waals surface area contributed by atoms with Gasteiger partial charge in [-0.1, -0.05) is 42.4 Å².